The highest BCUT2D eigenvalue weighted by atomic mass is 35.5. The lowest BCUT2D eigenvalue weighted by Crippen LogP contribution is -2.19. The van der Waals surface area contributed by atoms with Crippen LogP contribution in [0.4, 0.5) is 0 Å². The molecule has 0 aliphatic heterocycles. The SMILES string of the molecule is Cc1cn(CCS(=O)(=O)c2ccc(Cl)cc2)cc(C=O)c1=O. The van der Waals surface area contributed by atoms with E-state index in [1.165, 1.54) is 41.2 Å². The van der Waals surface area contributed by atoms with Crippen LogP contribution in [0.5, 0.6) is 0 Å². The van der Waals surface area contributed by atoms with Gasteiger partial charge in [0, 0.05) is 29.5 Å². The largest absolute Gasteiger partial charge is 0.352 e. The fourth-order valence-electron chi connectivity index (χ4n) is 2.01. The van der Waals surface area contributed by atoms with E-state index in [0.717, 1.165) is 0 Å². The van der Waals surface area contributed by atoms with E-state index in [4.69, 9.17) is 11.6 Å². The number of pyridine rings is 1. The lowest BCUT2D eigenvalue weighted by Gasteiger charge is -2.09. The fourth-order valence-corrected chi connectivity index (χ4v) is 3.37. The molecule has 1 aromatic heterocycles. The molecule has 0 radical (unpaired) electrons. The summed E-state index contributed by atoms with van der Waals surface area (Å²) < 4.78 is 26.0. The summed E-state index contributed by atoms with van der Waals surface area (Å²) in [5.74, 6) is -0.144. The molecule has 7 heteroatoms. The van der Waals surface area contributed by atoms with E-state index in [1.54, 1.807) is 6.92 Å². The van der Waals surface area contributed by atoms with Crippen LogP contribution in [0.3, 0.4) is 0 Å². The molecule has 0 atom stereocenters. The van der Waals surface area contributed by atoms with Gasteiger partial charge in [-0.3, -0.25) is 9.59 Å². The van der Waals surface area contributed by atoms with E-state index in [0.29, 0.717) is 16.9 Å². The van der Waals surface area contributed by atoms with Gasteiger partial charge in [0.15, 0.2) is 21.6 Å². The molecule has 0 spiro atoms. The topological polar surface area (TPSA) is 73.2 Å². The summed E-state index contributed by atoms with van der Waals surface area (Å²) in [6, 6.07) is 5.93. The predicted octanol–water partition coefficient (Wildman–Crippen LogP) is 2.10. The van der Waals surface area contributed by atoms with Crippen LogP contribution in [0.25, 0.3) is 0 Å². The molecule has 0 amide bonds. The van der Waals surface area contributed by atoms with Gasteiger partial charge < -0.3 is 4.57 Å². The van der Waals surface area contributed by atoms with Gasteiger partial charge in [0.05, 0.1) is 16.2 Å². The predicted molar refractivity (Wildman–Crippen MR) is 84.3 cm³/mol. The van der Waals surface area contributed by atoms with Gasteiger partial charge in [0.2, 0.25) is 0 Å². The first-order chi connectivity index (χ1) is 10.3. The number of halogens is 1. The molecule has 0 aliphatic rings. The van der Waals surface area contributed by atoms with E-state index < -0.39 is 9.84 Å². The maximum absolute atomic E-state index is 12.2. The zero-order chi connectivity index (χ0) is 16.3. The van der Waals surface area contributed by atoms with Crippen molar-refractivity contribution in [1.29, 1.82) is 0 Å². The average Bonchev–Trinajstić information content (AvgIpc) is 2.49. The molecule has 22 heavy (non-hydrogen) atoms. The maximum Gasteiger partial charge on any atom is 0.194 e. The van der Waals surface area contributed by atoms with Crippen molar-refractivity contribution in [3.63, 3.8) is 0 Å². The Kier molecular flexibility index (Phi) is 4.83. The second kappa shape index (κ2) is 6.46. The number of carbonyl (C=O) groups is 1. The van der Waals surface area contributed by atoms with Gasteiger partial charge in [-0.05, 0) is 31.2 Å². The zero-order valence-corrected chi connectivity index (χ0v) is 13.4. The highest BCUT2D eigenvalue weighted by molar-refractivity contribution is 7.91. The molecule has 116 valence electrons. The zero-order valence-electron chi connectivity index (χ0n) is 11.8. The number of rotatable bonds is 5. The van der Waals surface area contributed by atoms with E-state index >= 15 is 0 Å². The second-order valence-corrected chi connectivity index (χ2v) is 7.40. The fraction of sp³-hybridized carbons (Fsp3) is 0.200. The van der Waals surface area contributed by atoms with Crippen LogP contribution in [-0.2, 0) is 16.4 Å². The summed E-state index contributed by atoms with van der Waals surface area (Å²) in [6.07, 6.45) is 3.37. The Morgan fingerprint density at radius 2 is 1.82 bits per heavy atom. The van der Waals surface area contributed by atoms with Crippen LogP contribution in [0.2, 0.25) is 5.02 Å². The molecule has 2 aromatic rings. The third-order valence-electron chi connectivity index (χ3n) is 3.20. The van der Waals surface area contributed by atoms with Gasteiger partial charge in [-0.2, -0.15) is 0 Å². The summed E-state index contributed by atoms with van der Waals surface area (Å²) >= 11 is 5.74. The first kappa shape index (κ1) is 16.5. The minimum Gasteiger partial charge on any atom is -0.352 e. The normalized spacial score (nSPS) is 11.4. The van der Waals surface area contributed by atoms with Gasteiger partial charge in [0.1, 0.15) is 0 Å². The van der Waals surface area contributed by atoms with Gasteiger partial charge >= 0.3 is 0 Å². The third-order valence-corrected chi connectivity index (χ3v) is 5.17. The number of sulfone groups is 1. The number of aromatic nitrogens is 1. The molecule has 0 N–H and O–H groups in total. The van der Waals surface area contributed by atoms with Crippen molar-refractivity contribution in [1.82, 2.24) is 4.57 Å². The molecule has 0 saturated carbocycles. The standard InChI is InChI=1S/C15H14ClNO4S/c1-11-8-17(9-12(10-18)15(11)19)6-7-22(20,21)14-4-2-13(16)3-5-14/h2-5,8-10H,6-7H2,1H3. The molecule has 5 nitrogen and oxygen atoms in total. The van der Waals surface area contributed by atoms with E-state index in [9.17, 15) is 18.0 Å². The smallest absolute Gasteiger partial charge is 0.194 e. The summed E-state index contributed by atoms with van der Waals surface area (Å²) in [5, 5.41) is 0.464. The minimum absolute atomic E-state index is 0.0175. The summed E-state index contributed by atoms with van der Waals surface area (Å²) in [7, 11) is -3.46. The summed E-state index contributed by atoms with van der Waals surface area (Å²) in [5.41, 5.74) is 0.0733. The monoisotopic (exact) mass is 339 g/mol. The lowest BCUT2D eigenvalue weighted by molar-refractivity contribution is 0.112. The Bertz CT molecular complexity index is 854. The Morgan fingerprint density at radius 3 is 2.41 bits per heavy atom. The number of hydrogen-bond donors (Lipinski definition) is 0. The molecular weight excluding hydrogens is 326 g/mol. The first-order valence-electron chi connectivity index (χ1n) is 6.47. The molecule has 0 aliphatic carbocycles. The first-order valence-corrected chi connectivity index (χ1v) is 8.51. The van der Waals surface area contributed by atoms with Crippen LogP contribution in [-0.4, -0.2) is 25.0 Å². The van der Waals surface area contributed by atoms with Crippen molar-refractivity contribution in [3.8, 4) is 0 Å². The molecule has 0 saturated heterocycles. The van der Waals surface area contributed by atoms with Gasteiger partial charge in [-0.1, -0.05) is 11.6 Å². The Morgan fingerprint density at radius 1 is 1.18 bits per heavy atom. The van der Waals surface area contributed by atoms with Crippen molar-refractivity contribution < 1.29 is 13.2 Å². The highest BCUT2D eigenvalue weighted by Crippen LogP contribution is 2.15. The molecule has 0 bridgehead atoms. The van der Waals surface area contributed by atoms with Crippen molar-refractivity contribution >= 4 is 27.7 Å². The molecule has 2 rings (SSSR count). The maximum atomic E-state index is 12.2. The number of aldehydes is 1. The van der Waals surface area contributed by atoms with Gasteiger partial charge in [-0.15, -0.1) is 0 Å². The summed E-state index contributed by atoms with van der Waals surface area (Å²) in [4.78, 5) is 22.7. The lowest BCUT2D eigenvalue weighted by atomic mass is 10.2. The molecule has 1 aromatic carbocycles. The highest BCUT2D eigenvalue weighted by Gasteiger charge is 2.14. The van der Waals surface area contributed by atoms with Gasteiger partial charge in [0.25, 0.3) is 0 Å². The molecule has 1 heterocycles. The van der Waals surface area contributed by atoms with E-state index in [2.05, 4.69) is 0 Å². The molecule has 0 fully saturated rings. The van der Waals surface area contributed by atoms with Crippen LogP contribution in [0.1, 0.15) is 15.9 Å². The van der Waals surface area contributed by atoms with Crippen molar-refractivity contribution in [2.45, 2.75) is 18.4 Å². The minimum atomic E-state index is -3.46. The second-order valence-electron chi connectivity index (χ2n) is 4.85. The van der Waals surface area contributed by atoms with Crippen molar-refractivity contribution in [3.05, 3.63) is 63.0 Å². The van der Waals surface area contributed by atoms with Crippen LogP contribution in [0, 0.1) is 6.92 Å². The van der Waals surface area contributed by atoms with E-state index in [-0.39, 0.29) is 28.2 Å². The number of nitrogens with zero attached hydrogens (tertiary/aromatic N) is 1. The Labute approximate surface area is 133 Å². The van der Waals surface area contributed by atoms with Gasteiger partial charge in [-0.25, -0.2) is 8.42 Å². The van der Waals surface area contributed by atoms with Crippen LogP contribution >= 0.6 is 11.6 Å². The average molecular weight is 340 g/mol. The van der Waals surface area contributed by atoms with Crippen molar-refractivity contribution in [2.75, 3.05) is 5.75 Å². The number of benzene rings is 1. The van der Waals surface area contributed by atoms with Crippen LogP contribution in [0.15, 0.2) is 46.3 Å². The number of aryl methyl sites for hydroxylation is 2. The Hall–Kier alpha value is -1.92. The summed E-state index contributed by atoms with van der Waals surface area (Å²) in [6.45, 7) is 1.73. The Balaban J connectivity index is 2.22. The number of hydrogen-bond acceptors (Lipinski definition) is 4. The quantitative estimate of drug-likeness (QED) is 0.782. The van der Waals surface area contributed by atoms with Crippen LogP contribution < -0.4 is 5.43 Å². The van der Waals surface area contributed by atoms with Crippen molar-refractivity contribution in [2.24, 2.45) is 0 Å². The number of carbonyl (C=O) groups excluding carboxylic acids is 1. The molecular formula is C15H14ClNO4S. The molecule has 0 unspecified atom stereocenters. The third kappa shape index (κ3) is 3.64. The van der Waals surface area contributed by atoms with E-state index in [1.807, 2.05) is 0 Å².